The standard InChI is InChI=1S/C26H26O6Si/c27-25-19-18-21(26(28)29-25)11-10-20-33(30-22-12-4-1-5-13-22,31-23-14-6-2-7-15-23)32-24-16-8-3-9-17-24/h1-9,12-17,21H,10-11,18-20H2. The minimum atomic E-state index is -3.36. The predicted molar refractivity (Wildman–Crippen MR) is 125 cm³/mol. The molecule has 0 radical (unpaired) electrons. The summed E-state index contributed by atoms with van der Waals surface area (Å²) in [5, 5.41) is 0. The molecule has 1 saturated heterocycles. The maximum Gasteiger partial charge on any atom is 0.699 e. The fraction of sp³-hybridized carbons (Fsp3) is 0.231. The second-order valence-corrected chi connectivity index (χ2v) is 10.3. The normalized spacial score (nSPS) is 16.1. The Balaban J connectivity index is 1.58. The minimum Gasteiger partial charge on any atom is -0.483 e. The molecule has 0 saturated carbocycles. The van der Waals surface area contributed by atoms with Crippen molar-refractivity contribution in [2.24, 2.45) is 5.92 Å². The number of hydrogen-bond acceptors (Lipinski definition) is 6. The summed E-state index contributed by atoms with van der Waals surface area (Å²) in [5.74, 6) is 0.748. The Morgan fingerprint density at radius 3 is 1.61 bits per heavy atom. The Morgan fingerprint density at radius 2 is 1.18 bits per heavy atom. The van der Waals surface area contributed by atoms with Gasteiger partial charge >= 0.3 is 20.7 Å². The van der Waals surface area contributed by atoms with E-state index in [9.17, 15) is 9.59 Å². The van der Waals surface area contributed by atoms with Gasteiger partial charge in [0.15, 0.2) is 0 Å². The van der Waals surface area contributed by atoms with Crippen molar-refractivity contribution in [2.45, 2.75) is 31.7 Å². The molecule has 0 aliphatic carbocycles. The van der Waals surface area contributed by atoms with Crippen molar-refractivity contribution in [2.75, 3.05) is 0 Å². The van der Waals surface area contributed by atoms with Crippen molar-refractivity contribution in [3.05, 3.63) is 91.0 Å². The molecule has 1 unspecified atom stereocenters. The first kappa shape index (κ1) is 22.6. The summed E-state index contributed by atoms with van der Waals surface area (Å²) in [6.07, 6.45) is 1.95. The van der Waals surface area contributed by atoms with E-state index in [0.29, 0.717) is 42.6 Å². The van der Waals surface area contributed by atoms with E-state index in [1.165, 1.54) is 0 Å². The Labute approximate surface area is 194 Å². The van der Waals surface area contributed by atoms with E-state index in [-0.39, 0.29) is 12.3 Å². The molecular formula is C26H26O6Si. The summed E-state index contributed by atoms with van der Waals surface area (Å²) in [7, 11) is -3.36. The van der Waals surface area contributed by atoms with Crippen LogP contribution in [0.3, 0.4) is 0 Å². The Hall–Kier alpha value is -3.58. The van der Waals surface area contributed by atoms with Crippen molar-refractivity contribution in [1.82, 2.24) is 0 Å². The van der Waals surface area contributed by atoms with Crippen molar-refractivity contribution < 1.29 is 27.6 Å². The third-order valence-electron chi connectivity index (χ3n) is 5.33. The van der Waals surface area contributed by atoms with Crippen LogP contribution in [-0.4, -0.2) is 20.7 Å². The van der Waals surface area contributed by atoms with Gasteiger partial charge in [0, 0.05) is 6.42 Å². The summed E-state index contributed by atoms with van der Waals surface area (Å²) in [4.78, 5) is 23.5. The van der Waals surface area contributed by atoms with Crippen LogP contribution in [-0.2, 0) is 14.3 Å². The van der Waals surface area contributed by atoms with Gasteiger partial charge in [-0.2, -0.15) is 0 Å². The van der Waals surface area contributed by atoms with Crippen molar-refractivity contribution in [3.8, 4) is 17.2 Å². The number of carbonyl (C=O) groups excluding carboxylic acids is 2. The van der Waals surface area contributed by atoms with Crippen LogP contribution in [0.5, 0.6) is 17.2 Å². The first-order valence-electron chi connectivity index (χ1n) is 11.1. The molecule has 4 rings (SSSR count). The van der Waals surface area contributed by atoms with Crippen LogP contribution >= 0.6 is 0 Å². The summed E-state index contributed by atoms with van der Waals surface area (Å²) < 4.78 is 24.2. The van der Waals surface area contributed by atoms with E-state index in [0.717, 1.165) is 0 Å². The lowest BCUT2D eigenvalue weighted by Crippen LogP contribution is -2.55. The van der Waals surface area contributed by atoms with E-state index in [1.54, 1.807) is 0 Å². The molecule has 33 heavy (non-hydrogen) atoms. The first-order valence-corrected chi connectivity index (χ1v) is 13.0. The number of carbonyl (C=O) groups is 2. The van der Waals surface area contributed by atoms with Gasteiger partial charge in [0.25, 0.3) is 0 Å². The molecule has 7 heteroatoms. The number of ether oxygens (including phenoxy) is 1. The van der Waals surface area contributed by atoms with E-state index in [2.05, 4.69) is 0 Å². The second kappa shape index (κ2) is 10.8. The Bertz CT molecular complexity index is 941. The zero-order valence-corrected chi connectivity index (χ0v) is 19.2. The second-order valence-electron chi connectivity index (χ2n) is 7.85. The van der Waals surface area contributed by atoms with Gasteiger partial charge in [0.05, 0.1) is 12.0 Å². The van der Waals surface area contributed by atoms with E-state index in [1.807, 2.05) is 91.0 Å². The summed E-state index contributed by atoms with van der Waals surface area (Å²) in [6.45, 7) is 0. The zero-order chi connectivity index (χ0) is 22.9. The fourth-order valence-corrected chi connectivity index (χ4v) is 6.26. The van der Waals surface area contributed by atoms with Gasteiger partial charge in [-0.15, -0.1) is 0 Å². The summed E-state index contributed by atoms with van der Waals surface area (Å²) in [5.41, 5.74) is 0. The number of para-hydroxylation sites is 3. The third-order valence-corrected chi connectivity index (χ3v) is 7.94. The maximum absolute atomic E-state index is 12.1. The molecule has 1 aliphatic rings. The average Bonchev–Trinajstić information content (AvgIpc) is 2.82. The molecule has 0 aromatic heterocycles. The van der Waals surface area contributed by atoms with Crippen LogP contribution in [0.1, 0.15) is 25.7 Å². The minimum absolute atomic E-state index is 0.264. The number of benzene rings is 3. The van der Waals surface area contributed by atoms with Crippen LogP contribution in [0.4, 0.5) is 0 Å². The fourth-order valence-electron chi connectivity index (χ4n) is 3.70. The summed E-state index contributed by atoms with van der Waals surface area (Å²) >= 11 is 0. The van der Waals surface area contributed by atoms with Crippen molar-refractivity contribution >= 4 is 20.7 Å². The number of rotatable bonds is 10. The maximum atomic E-state index is 12.1. The molecule has 1 atom stereocenters. The molecule has 1 heterocycles. The Kier molecular flexibility index (Phi) is 7.42. The molecule has 0 N–H and O–H groups in total. The average molecular weight is 463 g/mol. The lowest BCUT2D eigenvalue weighted by Gasteiger charge is -2.31. The SMILES string of the molecule is O=C1CCC(CCC[Si](Oc2ccccc2)(Oc2ccccc2)Oc2ccccc2)C(=O)O1. The lowest BCUT2D eigenvalue weighted by molar-refractivity contribution is -0.167. The highest BCUT2D eigenvalue weighted by molar-refractivity contribution is 6.63. The van der Waals surface area contributed by atoms with Gasteiger partial charge in [0.1, 0.15) is 17.2 Å². The van der Waals surface area contributed by atoms with Crippen LogP contribution < -0.4 is 13.3 Å². The topological polar surface area (TPSA) is 71.1 Å². The van der Waals surface area contributed by atoms with Gasteiger partial charge in [-0.05, 0) is 55.7 Å². The molecule has 0 amide bonds. The lowest BCUT2D eigenvalue weighted by atomic mass is 9.96. The van der Waals surface area contributed by atoms with E-state index in [4.69, 9.17) is 18.0 Å². The van der Waals surface area contributed by atoms with E-state index >= 15 is 0 Å². The van der Waals surface area contributed by atoms with E-state index < -0.39 is 20.7 Å². The quantitative estimate of drug-likeness (QED) is 0.228. The monoisotopic (exact) mass is 462 g/mol. The molecule has 6 nitrogen and oxygen atoms in total. The van der Waals surface area contributed by atoms with Crippen LogP contribution in [0, 0.1) is 5.92 Å². The van der Waals surface area contributed by atoms with Crippen LogP contribution in [0.15, 0.2) is 91.0 Å². The van der Waals surface area contributed by atoms with Crippen molar-refractivity contribution in [1.29, 1.82) is 0 Å². The molecular weight excluding hydrogens is 436 g/mol. The molecule has 170 valence electrons. The Morgan fingerprint density at radius 1 is 0.727 bits per heavy atom. The van der Waals surface area contributed by atoms with Crippen molar-refractivity contribution in [3.63, 3.8) is 0 Å². The van der Waals surface area contributed by atoms with Gasteiger partial charge in [-0.1, -0.05) is 54.6 Å². The highest BCUT2D eigenvalue weighted by atomic mass is 28.4. The molecule has 3 aromatic rings. The number of esters is 2. The molecule has 0 bridgehead atoms. The number of hydrogen-bond donors (Lipinski definition) is 0. The molecule has 0 spiro atoms. The van der Waals surface area contributed by atoms with Gasteiger partial charge in [-0.3, -0.25) is 9.59 Å². The highest BCUT2D eigenvalue weighted by Crippen LogP contribution is 2.30. The molecule has 1 fully saturated rings. The smallest absolute Gasteiger partial charge is 0.483 e. The van der Waals surface area contributed by atoms with Crippen LogP contribution in [0.2, 0.25) is 6.04 Å². The third kappa shape index (κ3) is 6.46. The predicted octanol–water partition coefficient (Wildman–Crippen LogP) is 5.42. The number of cyclic esters (lactones) is 2. The zero-order valence-electron chi connectivity index (χ0n) is 18.2. The van der Waals surface area contributed by atoms with Crippen LogP contribution in [0.25, 0.3) is 0 Å². The summed E-state index contributed by atoms with van der Waals surface area (Å²) in [6, 6.07) is 28.8. The van der Waals surface area contributed by atoms with Gasteiger partial charge < -0.3 is 18.0 Å². The van der Waals surface area contributed by atoms with Gasteiger partial charge in [-0.25, -0.2) is 0 Å². The molecule has 1 aliphatic heterocycles. The largest absolute Gasteiger partial charge is 0.699 e. The molecule has 3 aromatic carbocycles. The highest BCUT2D eigenvalue weighted by Gasteiger charge is 2.49. The first-order chi connectivity index (χ1) is 16.1. The van der Waals surface area contributed by atoms with Gasteiger partial charge in [0.2, 0.25) is 0 Å².